The van der Waals surface area contributed by atoms with Gasteiger partial charge in [-0.3, -0.25) is 14.4 Å². The van der Waals surface area contributed by atoms with Gasteiger partial charge in [-0.05, 0) is 24.9 Å². The first-order valence-corrected chi connectivity index (χ1v) is 6.98. The highest BCUT2D eigenvalue weighted by Crippen LogP contribution is 2.24. The molecule has 1 fully saturated rings. The minimum absolute atomic E-state index is 0.277. The number of fused-ring (bicyclic) bond motifs is 1. The van der Waals surface area contributed by atoms with E-state index in [1.165, 1.54) is 5.39 Å². The van der Waals surface area contributed by atoms with Gasteiger partial charge in [-0.25, -0.2) is 0 Å². The van der Waals surface area contributed by atoms with E-state index in [1.807, 2.05) is 23.9 Å². The summed E-state index contributed by atoms with van der Waals surface area (Å²) in [6.45, 7) is 2.62. The molecule has 1 aromatic carbocycles. The zero-order valence-corrected chi connectivity index (χ0v) is 11.6. The van der Waals surface area contributed by atoms with Gasteiger partial charge in [0, 0.05) is 31.9 Å². The van der Waals surface area contributed by atoms with Crippen molar-refractivity contribution in [3.05, 3.63) is 30.0 Å². The molecule has 3 rings (SSSR count). The summed E-state index contributed by atoms with van der Waals surface area (Å²) in [5, 5.41) is 14.6. The predicted molar refractivity (Wildman–Crippen MR) is 76.4 cm³/mol. The quantitative estimate of drug-likeness (QED) is 0.924. The maximum atomic E-state index is 10.8. The SMILES string of the molecule is Cn1nc(CN2CCC(CC(=O)O)C2)c2ccccc21. The summed E-state index contributed by atoms with van der Waals surface area (Å²) in [5.74, 6) is -0.414. The number of carboxylic acid groups (broad SMARTS) is 1. The summed E-state index contributed by atoms with van der Waals surface area (Å²) >= 11 is 0. The van der Waals surface area contributed by atoms with Gasteiger partial charge in [-0.15, -0.1) is 0 Å². The Kier molecular flexibility index (Phi) is 3.44. The Labute approximate surface area is 117 Å². The molecule has 5 heteroatoms. The standard InChI is InChI=1S/C15H19N3O2/c1-17-14-5-3-2-4-12(14)13(16-17)10-18-7-6-11(9-18)8-15(19)20/h2-5,11H,6-10H2,1H3,(H,19,20). The van der Waals surface area contributed by atoms with Crippen molar-refractivity contribution >= 4 is 16.9 Å². The van der Waals surface area contributed by atoms with Gasteiger partial charge in [0.25, 0.3) is 0 Å². The molecular weight excluding hydrogens is 254 g/mol. The van der Waals surface area contributed by atoms with Crippen LogP contribution in [-0.2, 0) is 18.4 Å². The van der Waals surface area contributed by atoms with Crippen molar-refractivity contribution in [2.45, 2.75) is 19.4 Å². The van der Waals surface area contributed by atoms with Gasteiger partial charge in [0.05, 0.1) is 11.2 Å². The third-order valence-electron chi connectivity index (χ3n) is 4.04. The lowest BCUT2D eigenvalue weighted by Gasteiger charge is -2.14. The Morgan fingerprint density at radius 3 is 3.05 bits per heavy atom. The maximum Gasteiger partial charge on any atom is 0.303 e. The van der Waals surface area contributed by atoms with Gasteiger partial charge < -0.3 is 5.11 Å². The van der Waals surface area contributed by atoms with Crippen LogP contribution in [0.25, 0.3) is 10.9 Å². The van der Waals surface area contributed by atoms with Crippen LogP contribution in [0.1, 0.15) is 18.5 Å². The first kappa shape index (κ1) is 13.1. The highest BCUT2D eigenvalue weighted by molar-refractivity contribution is 5.81. The molecule has 5 nitrogen and oxygen atoms in total. The first-order chi connectivity index (χ1) is 9.63. The number of hydrogen-bond acceptors (Lipinski definition) is 3. The number of nitrogens with zero attached hydrogens (tertiary/aromatic N) is 3. The van der Waals surface area contributed by atoms with Crippen LogP contribution in [-0.4, -0.2) is 38.8 Å². The fourth-order valence-corrected chi connectivity index (χ4v) is 3.09. The third kappa shape index (κ3) is 2.54. The molecule has 0 radical (unpaired) electrons. The Morgan fingerprint density at radius 1 is 1.45 bits per heavy atom. The van der Waals surface area contributed by atoms with Crippen LogP contribution in [0.3, 0.4) is 0 Å². The van der Waals surface area contributed by atoms with Crippen molar-refractivity contribution in [3.8, 4) is 0 Å². The van der Waals surface area contributed by atoms with E-state index in [-0.39, 0.29) is 12.3 Å². The van der Waals surface area contributed by atoms with Crippen molar-refractivity contribution in [2.75, 3.05) is 13.1 Å². The van der Waals surface area contributed by atoms with Crippen LogP contribution in [0.15, 0.2) is 24.3 Å². The summed E-state index contributed by atoms with van der Waals surface area (Å²) < 4.78 is 1.91. The number of carbonyl (C=O) groups is 1. The van der Waals surface area contributed by atoms with E-state index in [0.29, 0.717) is 0 Å². The minimum Gasteiger partial charge on any atom is -0.481 e. The summed E-state index contributed by atoms with van der Waals surface area (Å²) in [4.78, 5) is 13.1. The molecule has 0 amide bonds. The number of rotatable bonds is 4. The number of aryl methyl sites for hydroxylation is 1. The van der Waals surface area contributed by atoms with E-state index >= 15 is 0 Å². The normalized spacial score (nSPS) is 19.8. The summed E-state index contributed by atoms with van der Waals surface area (Å²) in [5.41, 5.74) is 2.22. The van der Waals surface area contributed by atoms with Gasteiger partial charge in [0.2, 0.25) is 0 Å². The van der Waals surface area contributed by atoms with Gasteiger partial charge in [0.1, 0.15) is 0 Å². The number of aromatic nitrogens is 2. The van der Waals surface area contributed by atoms with Crippen LogP contribution in [0, 0.1) is 5.92 Å². The Morgan fingerprint density at radius 2 is 2.25 bits per heavy atom. The lowest BCUT2D eigenvalue weighted by molar-refractivity contribution is -0.138. The van der Waals surface area contributed by atoms with E-state index in [1.54, 1.807) is 0 Å². The molecule has 1 N–H and O–H groups in total. The summed E-state index contributed by atoms with van der Waals surface area (Å²) in [6, 6.07) is 8.22. The molecule has 0 aliphatic carbocycles. The summed E-state index contributed by atoms with van der Waals surface area (Å²) in [7, 11) is 1.96. The Bertz CT molecular complexity index is 635. The number of aliphatic carboxylic acids is 1. The molecule has 2 aromatic rings. The molecule has 0 bridgehead atoms. The van der Waals surface area contributed by atoms with E-state index < -0.39 is 5.97 Å². The third-order valence-corrected chi connectivity index (χ3v) is 4.04. The monoisotopic (exact) mass is 273 g/mol. The van der Waals surface area contributed by atoms with E-state index in [2.05, 4.69) is 22.1 Å². The Hall–Kier alpha value is -1.88. The predicted octanol–water partition coefficient (Wildman–Crippen LogP) is 1.87. The fraction of sp³-hybridized carbons (Fsp3) is 0.467. The van der Waals surface area contributed by atoms with Crippen LogP contribution >= 0.6 is 0 Å². The lowest BCUT2D eigenvalue weighted by atomic mass is 10.1. The zero-order chi connectivity index (χ0) is 14.1. The molecule has 2 heterocycles. The second kappa shape index (κ2) is 5.25. The van der Waals surface area contributed by atoms with Gasteiger partial charge in [-0.2, -0.15) is 5.10 Å². The van der Waals surface area contributed by atoms with Crippen molar-refractivity contribution in [3.63, 3.8) is 0 Å². The fourth-order valence-electron chi connectivity index (χ4n) is 3.09. The second-order valence-corrected chi connectivity index (χ2v) is 5.58. The second-order valence-electron chi connectivity index (χ2n) is 5.58. The number of carboxylic acids is 1. The maximum absolute atomic E-state index is 10.8. The molecule has 1 aliphatic rings. The van der Waals surface area contributed by atoms with Crippen molar-refractivity contribution in [1.82, 2.24) is 14.7 Å². The molecule has 0 spiro atoms. The molecule has 0 saturated carbocycles. The number of likely N-dealkylation sites (tertiary alicyclic amines) is 1. The van der Waals surface area contributed by atoms with Gasteiger partial charge in [0.15, 0.2) is 0 Å². The van der Waals surface area contributed by atoms with Crippen LogP contribution in [0.2, 0.25) is 0 Å². The van der Waals surface area contributed by atoms with Crippen molar-refractivity contribution < 1.29 is 9.90 Å². The Balaban J connectivity index is 1.73. The average molecular weight is 273 g/mol. The highest BCUT2D eigenvalue weighted by atomic mass is 16.4. The smallest absolute Gasteiger partial charge is 0.303 e. The van der Waals surface area contributed by atoms with Crippen molar-refractivity contribution in [2.24, 2.45) is 13.0 Å². The van der Waals surface area contributed by atoms with Crippen molar-refractivity contribution in [1.29, 1.82) is 0 Å². The first-order valence-electron chi connectivity index (χ1n) is 6.98. The summed E-state index contributed by atoms with van der Waals surface area (Å²) in [6.07, 6.45) is 1.25. The minimum atomic E-state index is -0.694. The molecule has 1 atom stereocenters. The largest absolute Gasteiger partial charge is 0.481 e. The topological polar surface area (TPSA) is 58.4 Å². The molecule has 1 unspecified atom stereocenters. The molecule has 1 aromatic heterocycles. The van der Waals surface area contributed by atoms with Crippen LogP contribution in [0.4, 0.5) is 0 Å². The average Bonchev–Trinajstić information content (AvgIpc) is 2.96. The van der Waals surface area contributed by atoms with E-state index in [4.69, 9.17) is 5.11 Å². The molecule has 20 heavy (non-hydrogen) atoms. The van der Waals surface area contributed by atoms with Crippen LogP contribution in [0.5, 0.6) is 0 Å². The highest BCUT2D eigenvalue weighted by Gasteiger charge is 2.25. The molecule has 1 aliphatic heterocycles. The van der Waals surface area contributed by atoms with Crippen LogP contribution < -0.4 is 0 Å². The number of benzene rings is 1. The van der Waals surface area contributed by atoms with E-state index in [9.17, 15) is 4.79 Å². The molecular formula is C15H19N3O2. The number of hydrogen-bond donors (Lipinski definition) is 1. The van der Waals surface area contributed by atoms with Gasteiger partial charge >= 0.3 is 5.97 Å². The number of para-hydroxylation sites is 1. The lowest BCUT2D eigenvalue weighted by Crippen LogP contribution is -2.21. The van der Waals surface area contributed by atoms with E-state index in [0.717, 1.165) is 37.3 Å². The van der Waals surface area contributed by atoms with Gasteiger partial charge in [-0.1, -0.05) is 18.2 Å². The molecule has 106 valence electrons. The molecule has 1 saturated heterocycles. The zero-order valence-electron chi connectivity index (χ0n) is 11.6.